The van der Waals surface area contributed by atoms with Gasteiger partial charge in [-0.1, -0.05) is 0 Å². The maximum Gasteiger partial charge on any atom is 0.189 e. The molecule has 7 heteroatoms. The Morgan fingerprint density at radius 3 is 2.57 bits per heavy atom. The molecule has 1 heterocycles. The van der Waals surface area contributed by atoms with Crippen LogP contribution < -0.4 is 15.8 Å². The van der Waals surface area contributed by atoms with Crippen molar-refractivity contribution < 1.29 is 9.47 Å². The lowest BCUT2D eigenvalue weighted by molar-refractivity contribution is 0.204. The molecule has 0 radical (unpaired) electrons. The number of hydrogen-bond acceptors (Lipinski definition) is 4. The van der Waals surface area contributed by atoms with Crippen LogP contribution in [0.1, 0.15) is 4.88 Å². The fourth-order valence-electron chi connectivity index (χ4n) is 1.87. The number of nitrogens with one attached hydrogen (secondary N) is 1. The zero-order chi connectivity index (χ0) is 15.8. The van der Waals surface area contributed by atoms with E-state index in [0.29, 0.717) is 25.7 Å². The number of halogens is 1. The van der Waals surface area contributed by atoms with Crippen LogP contribution in [0, 0.1) is 0 Å². The van der Waals surface area contributed by atoms with Crippen LogP contribution in [0.4, 0.5) is 0 Å². The van der Waals surface area contributed by atoms with Crippen molar-refractivity contribution in [3.8, 4) is 16.2 Å². The first-order chi connectivity index (χ1) is 10.7. The SMILES string of the molecule is COCCNC(N)=NCc1ccc(-c2ccc(OC)cc2)s1.I. The molecule has 2 aromatic rings. The lowest BCUT2D eigenvalue weighted by Crippen LogP contribution is -2.34. The van der Waals surface area contributed by atoms with Crippen molar-refractivity contribution in [1.82, 2.24) is 5.32 Å². The average Bonchev–Trinajstić information content (AvgIpc) is 3.02. The van der Waals surface area contributed by atoms with Crippen molar-refractivity contribution >= 4 is 41.3 Å². The molecule has 5 nitrogen and oxygen atoms in total. The molecular weight excluding hydrogens is 425 g/mol. The second-order valence-corrected chi connectivity index (χ2v) is 5.78. The number of nitrogens with zero attached hydrogens (tertiary/aromatic N) is 1. The van der Waals surface area contributed by atoms with E-state index in [0.717, 1.165) is 5.75 Å². The smallest absolute Gasteiger partial charge is 0.189 e. The highest BCUT2D eigenvalue weighted by Crippen LogP contribution is 2.29. The monoisotopic (exact) mass is 447 g/mol. The minimum Gasteiger partial charge on any atom is -0.497 e. The molecule has 2 rings (SSSR count). The Bertz CT molecular complexity index is 614. The van der Waals surface area contributed by atoms with Gasteiger partial charge < -0.3 is 20.5 Å². The van der Waals surface area contributed by atoms with Crippen LogP contribution in [-0.4, -0.2) is 33.3 Å². The highest BCUT2D eigenvalue weighted by molar-refractivity contribution is 14.0. The Morgan fingerprint density at radius 1 is 1.17 bits per heavy atom. The summed E-state index contributed by atoms with van der Waals surface area (Å²) in [6, 6.07) is 12.2. The van der Waals surface area contributed by atoms with Gasteiger partial charge >= 0.3 is 0 Å². The average molecular weight is 447 g/mol. The second-order valence-electron chi connectivity index (χ2n) is 4.62. The van der Waals surface area contributed by atoms with E-state index in [4.69, 9.17) is 15.2 Å². The Morgan fingerprint density at radius 2 is 1.91 bits per heavy atom. The Labute approximate surface area is 157 Å². The van der Waals surface area contributed by atoms with E-state index in [2.05, 4.69) is 34.6 Å². The summed E-state index contributed by atoms with van der Waals surface area (Å²) in [5.74, 6) is 1.30. The standard InChI is InChI=1S/C16H21N3O2S.HI/c1-20-10-9-18-16(17)19-11-14-7-8-15(22-14)12-3-5-13(21-2)6-4-12;/h3-8H,9-11H2,1-2H3,(H3,17,18,19);1H. The highest BCUT2D eigenvalue weighted by atomic mass is 127. The van der Waals surface area contributed by atoms with Gasteiger partial charge in [-0.15, -0.1) is 35.3 Å². The predicted octanol–water partition coefficient (Wildman–Crippen LogP) is 3.09. The zero-order valence-corrected chi connectivity index (χ0v) is 16.4. The van der Waals surface area contributed by atoms with Crippen LogP contribution in [0.3, 0.4) is 0 Å². The van der Waals surface area contributed by atoms with Crippen LogP contribution in [0.5, 0.6) is 5.75 Å². The van der Waals surface area contributed by atoms with E-state index in [1.54, 1.807) is 25.6 Å². The quantitative estimate of drug-likeness (QED) is 0.296. The van der Waals surface area contributed by atoms with Crippen molar-refractivity contribution in [3.05, 3.63) is 41.3 Å². The first kappa shape index (κ1) is 19.7. The summed E-state index contributed by atoms with van der Waals surface area (Å²) in [7, 11) is 3.32. The molecule has 1 aromatic heterocycles. The topological polar surface area (TPSA) is 68.9 Å². The zero-order valence-electron chi connectivity index (χ0n) is 13.2. The molecule has 0 saturated carbocycles. The van der Waals surface area contributed by atoms with Crippen molar-refractivity contribution in [2.24, 2.45) is 10.7 Å². The maximum atomic E-state index is 5.79. The van der Waals surface area contributed by atoms with Crippen LogP contribution in [-0.2, 0) is 11.3 Å². The summed E-state index contributed by atoms with van der Waals surface area (Å²) in [4.78, 5) is 6.69. The first-order valence-electron chi connectivity index (χ1n) is 6.99. The minimum absolute atomic E-state index is 0. The van der Waals surface area contributed by atoms with E-state index in [1.807, 2.05) is 12.1 Å². The van der Waals surface area contributed by atoms with Gasteiger partial charge in [0.25, 0.3) is 0 Å². The van der Waals surface area contributed by atoms with Gasteiger partial charge in [-0.05, 0) is 42.0 Å². The summed E-state index contributed by atoms with van der Waals surface area (Å²) in [5, 5.41) is 3.00. The molecule has 0 saturated heterocycles. The second kappa shape index (κ2) is 10.5. The summed E-state index contributed by atoms with van der Waals surface area (Å²) in [5.41, 5.74) is 6.96. The van der Waals surface area contributed by atoms with E-state index < -0.39 is 0 Å². The number of rotatable bonds is 7. The fourth-order valence-corrected chi connectivity index (χ4v) is 2.81. The normalized spacial score (nSPS) is 11.0. The number of ether oxygens (including phenoxy) is 2. The van der Waals surface area contributed by atoms with Crippen LogP contribution in [0.15, 0.2) is 41.4 Å². The molecule has 0 atom stereocenters. The van der Waals surface area contributed by atoms with Crippen molar-refractivity contribution in [2.45, 2.75) is 6.54 Å². The molecule has 23 heavy (non-hydrogen) atoms. The molecule has 0 aliphatic carbocycles. The number of hydrogen-bond donors (Lipinski definition) is 2. The molecule has 0 aliphatic rings. The van der Waals surface area contributed by atoms with E-state index in [9.17, 15) is 0 Å². The lowest BCUT2D eigenvalue weighted by atomic mass is 10.2. The third kappa shape index (κ3) is 6.36. The highest BCUT2D eigenvalue weighted by Gasteiger charge is 2.03. The van der Waals surface area contributed by atoms with E-state index in [-0.39, 0.29) is 24.0 Å². The third-order valence-electron chi connectivity index (χ3n) is 3.05. The van der Waals surface area contributed by atoms with E-state index >= 15 is 0 Å². The van der Waals surface area contributed by atoms with Crippen molar-refractivity contribution in [1.29, 1.82) is 0 Å². The first-order valence-corrected chi connectivity index (χ1v) is 7.80. The Hall–Kier alpha value is -1.32. The molecule has 0 bridgehead atoms. The van der Waals surface area contributed by atoms with Crippen molar-refractivity contribution in [3.63, 3.8) is 0 Å². The maximum absolute atomic E-state index is 5.79. The van der Waals surface area contributed by atoms with Crippen LogP contribution in [0.25, 0.3) is 10.4 Å². The molecule has 3 N–H and O–H groups in total. The predicted molar refractivity (Wildman–Crippen MR) is 107 cm³/mol. The third-order valence-corrected chi connectivity index (χ3v) is 4.17. The molecule has 126 valence electrons. The summed E-state index contributed by atoms with van der Waals surface area (Å²) < 4.78 is 10.1. The van der Waals surface area contributed by atoms with Crippen molar-refractivity contribution in [2.75, 3.05) is 27.4 Å². The summed E-state index contributed by atoms with van der Waals surface area (Å²) in [6.07, 6.45) is 0. The van der Waals surface area contributed by atoms with Gasteiger partial charge in [0.1, 0.15) is 5.75 Å². The number of guanidine groups is 1. The summed E-state index contributed by atoms with van der Waals surface area (Å²) in [6.45, 7) is 1.84. The number of aliphatic imine (C=N–C) groups is 1. The summed E-state index contributed by atoms with van der Waals surface area (Å²) >= 11 is 1.71. The number of methoxy groups -OCH3 is 2. The van der Waals surface area contributed by atoms with Gasteiger partial charge in [0.05, 0.1) is 20.3 Å². The Balaban J connectivity index is 0.00000264. The molecule has 1 aromatic carbocycles. The van der Waals surface area contributed by atoms with Gasteiger partial charge in [-0.25, -0.2) is 4.99 Å². The molecule has 0 amide bonds. The molecular formula is C16H22IN3O2S. The molecule has 0 fully saturated rings. The molecule has 0 aliphatic heterocycles. The van der Waals surface area contributed by atoms with Gasteiger partial charge in [-0.3, -0.25) is 0 Å². The minimum atomic E-state index is 0. The van der Waals surface area contributed by atoms with Gasteiger partial charge in [-0.2, -0.15) is 0 Å². The lowest BCUT2D eigenvalue weighted by Gasteiger charge is -2.03. The van der Waals surface area contributed by atoms with Gasteiger partial charge in [0.15, 0.2) is 5.96 Å². The number of nitrogens with two attached hydrogens (primary N) is 1. The fraction of sp³-hybridized carbons (Fsp3) is 0.312. The van der Waals surface area contributed by atoms with Gasteiger partial charge in [0, 0.05) is 23.4 Å². The largest absolute Gasteiger partial charge is 0.497 e. The number of thiophene rings is 1. The molecule has 0 unspecified atom stereocenters. The van der Waals surface area contributed by atoms with Crippen LogP contribution >= 0.6 is 35.3 Å². The van der Waals surface area contributed by atoms with E-state index in [1.165, 1.54) is 15.3 Å². The van der Waals surface area contributed by atoms with Crippen LogP contribution in [0.2, 0.25) is 0 Å². The Kier molecular flexibility index (Phi) is 8.97. The molecule has 0 spiro atoms. The van der Waals surface area contributed by atoms with Gasteiger partial charge in [0.2, 0.25) is 0 Å². The number of benzene rings is 1.